The second kappa shape index (κ2) is 9.13. The normalized spacial score (nSPS) is 20.4. The van der Waals surface area contributed by atoms with Crippen molar-refractivity contribution in [1.82, 2.24) is 4.90 Å². The fourth-order valence-corrected chi connectivity index (χ4v) is 3.78. The highest BCUT2D eigenvalue weighted by Gasteiger charge is 2.36. The summed E-state index contributed by atoms with van der Waals surface area (Å²) in [5.41, 5.74) is 1.48. The number of aliphatic hydroxyl groups excluding tert-OH is 1. The Hall–Kier alpha value is -2.21. The van der Waals surface area contributed by atoms with Crippen molar-refractivity contribution in [3.63, 3.8) is 0 Å². The van der Waals surface area contributed by atoms with Gasteiger partial charge < -0.3 is 14.7 Å². The minimum Gasteiger partial charge on any atom is -0.494 e. The van der Waals surface area contributed by atoms with Gasteiger partial charge >= 0.3 is 0 Å². The molecule has 0 aromatic heterocycles. The van der Waals surface area contributed by atoms with Gasteiger partial charge in [-0.15, -0.1) is 0 Å². The van der Waals surface area contributed by atoms with Crippen molar-refractivity contribution in [2.45, 2.75) is 64.0 Å². The number of hydrogen-bond acceptors (Lipinski definition) is 5. The SMILES string of the molecule is O=C1CCCC(=O)C(N2Cc3cc(OCCCCCO)ccc3C2=O)CC1. The highest BCUT2D eigenvalue weighted by atomic mass is 16.5. The van der Waals surface area contributed by atoms with E-state index in [1.54, 1.807) is 17.0 Å². The number of aliphatic hydroxyl groups is 1. The van der Waals surface area contributed by atoms with Crippen LogP contribution in [0.4, 0.5) is 0 Å². The van der Waals surface area contributed by atoms with Gasteiger partial charge in [-0.2, -0.15) is 0 Å². The Morgan fingerprint density at radius 1 is 1.07 bits per heavy atom. The average molecular weight is 373 g/mol. The van der Waals surface area contributed by atoms with Crippen molar-refractivity contribution in [3.8, 4) is 5.75 Å². The van der Waals surface area contributed by atoms with Crippen LogP contribution < -0.4 is 4.74 Å². The van der Waals surface area contributed by atoms with E-state index in [4.69, 9.17) is 9.84 Å². The first-order valence-corrected chi connectivity index (χ1v) is 9.82. The number of Topliss-reactive ketones (excluding diaryl/α,β-unsaturated/α-hetero) is 2. The van der Waals surface area contributed by atoms with Gasteiger partial charge in [0, 0.05) is 38.0 Å². The number of hydrogen-bond donors (Lipinski definition) is 1. The maximum atomic E-state index is 12.8. The van der Waals surface area contributed by atoms with E-state index in [0.717, 1.165) is 24.8 Å². The predicted octanol–water partition coefficient (Wildman–Crippen LogP) is 2.65. The molecular formula is C21H27NO5. The molecule has 1 saturated carbocycles. The molecule has 1 atom stereocenters. The quantitative estimate of drug-likeness (QED) is 0.743. The van der Waals surface area contributed by atoms with Crippen LogP contribution in [0.15, 0.2) is 18.2 Å². The molecule has 1 fully saturated rings. The number of fused-ring (bicyclic) bond motifs is 1. The molecule has 6 nitrogen and oxygen atoms in total. The molecule has 1 aromatic carbocycles. The van der Waals surface area contributed by atoms with Crippen molar-refractivity contribution in [2.75, 3.05) is 13.2 Å². The molecule has 0 saturated heterocycles. The highest BCUT2D eigenvalue weighted by Crippen LogP contribution is 2.30. The van der Waals surface area contributed by atoms with Crippen LogP contribution in [-0.4, -0.2) is 46.7 Å². The van der Waals surface area contributed by atoms with E-state index in [2.05, 4.69) is 0 Å². The molecule has 146 valence electrons. The summed E-state index contributed by atoms with van der Waals surface area (Å²) in [4.78, 5) is 38.7. The lowest BCUT2D eigenvalue weighted by Crippen LogP contribution is -2.42. The number of ether oxygens (including phenoxy) is 1. The standard InChI is InChI=1S/C21H27NO5/c23-11-2-1-3-12-27-17-8-9-18-15(13-17)14-22(21(18)26)19-10-7-16(24)5-4-6-20(19)25/h8-9,13,19,23H,1-7,10-12,14H2. The molecule has 3 rings (SSSR count). The first kappa shape index (κ1) is 19.5. The minimum absolute atomic E-state index is 0.0593. The summed E-state index contributed by atoms with van der Waals surface area (Å²) in [6.07, 6.45) is 4.74. The van der Waals surface area contributed by atoms with E-state index in [-0.39, 0.29) is 24.1 Å². The van der Waals surface area contributed by atoms with Gasteiger partial charge in [-0.05, 0) is 55.9 Å². The number of carbonyl (C=O) groups excluding carboxylic acids is 3. The van der Waals surface area contributed by atoms with E-state index in [9.17, 15) is 14.4 Å². The molecule has 1 aliphatic heterocycles. The maximum absolute atomic E-state index is 12.8. The summed E-state index contributed by atoms with van der Waals surface area (Å²) < 4.78 is 5.74. The van der Waals surface area contributed by atoms with Crippen LogP contribution in [0.3, 0.4) is 0 Å². The molecule has 27 heavy (non-hydrogen) atoms. The van der Waals surface area contributed by atoms with Gasteiger partial charge in [0.2, 0.25) is 0 Å². The Balaban J connectivity index is 1.65. The average Bonchev–Trinajstić information content (AvgIpc) is 2.96. The molecule has 1 heterocycles. The first-order chi connectivity index (χ1) is 13.1. The zero-order valence-electron chi connectivity index (χ0n) is 15.6. The lowest BCUT2D eigenvalue weighted by atomic mass is 9.94. The van der Waals surface area contributed by atoms with Crippen LogP contribution >= 0.6 is 0 Å². The van der Waals surface area contributed by atoms with E-state index in [1.807, 2.05) is 6.07 Å². The van der Waals surface area contributed by atoms with Crippen LogP contribution in [0.25, 0.3) is 0 Å². The first-order valence-electron chi connectivity index (χ1n) is 9.82. The van der Waals surface area contributed by atoms with Crippen molar-refractivity contribution in [3.05, 3.63) is 29.3 Å². The second-order valence-corrected chi connectivity index (χ2v) is 7.30. The fourth-order valence-electron chi connectivity index (χ4n) is 3.78. The summed E-state index contributed by atoms with van der Waals surface area (Å²) in [5.74, 6) is 0.815. The molecule has 0 spiro atoms. The number of unbranched alkanes of at least 4 members (excludes halogenated alkanes) is 2. The van der Waals surface area contributed by atoms with Crippen LogP contribution in [0.1, 0.15) is 67.3 Å². The largest absolute Gasteiger partial charge is 0.494 e. The lowest BCUT2D eigenvalue weighted by Gasteiger charge is -2.27. The van der Waals surface area contributed by atoms with E-state index >= 15 is 0 Å². The van der Waals surface area contributed by atoms with Gasteiger partial charge in [0.1, 0.15) is 11.5 Å². The summed E-state index contributed by atoms with van der Waals surface area (Å²) in [6, 6.07) is 4.92. The third-order valence-electron chi connectivity index (χ3n) is 5.30. The van der Waals surface area contributed by atoms with Gasteiger partial charge in [-0.3, -0.25) is 14.4 Å². The summed E-state index contributed by atoms with van der Waals surface area (Å²) in [5, 5.41) is 8.79. The van der Waals surface area contributed by atoms with Gasteiger partial charge in [-0.25, -0.2) is 0 Å². The van der Waals surface area contributed by atoms with Gasteiger partial charge in [0.05, 0.1) is 12.6 Å². The van der Waals surface area contributed by atoms with Crippen LogP contribution in [0, 0.1) is 0 Å². The zero-order chi connectivity index (χ0) is 19.2. The molecule has 1 aromatic rings. The minimum atomic E-state index is -0.503. The monoisotopic (exact) mass is 373 g/mol. The van der Waals surface area contributed by atoms with Crippen molar-refractivity contribution >= 4 is 17.5 Å². The highest BCUT2D eigenvalue weighted by molar-refractivity contribution is 6.01. The Morgan fingerprint density at radius 3 is 2.74 bits per heavy atom. The molecular weight excluding hydrogens is 346 g/mol. The molecule has 2 aliphatic rings. The smallest absolute Gasteiger partial charge is 0.255 e. The summed E-state index contributed by atoms with van der Waals surface area (Å²) in [7, 11) is 0. The lowest BCUT2D eigenvalue weighted by molar-refractivity contribution is -0.126. The zero-order valence-corrected chi connectivity index (χ0v) is 15.6. The van der Waals surface area contributed by atoms with Gasteiger partial charge in [0.15, 0.2) is 5.78 Å². The third-order valence-corrected chi connectivity index (χ3v) is 5.30. The second-order valence-electron chi connectivity index (χ2n) is 7.30. The molecule has 1 amide bonds. The Labute approximate surface area is 159 Å². The van der Waals surface area contributed by atoms with Crippen LogP contribution in [0.2, 0.25) is 0 Å². The number of amides is 1. The Bertz CT molecular complexity index is 715. The van der Waals surface area contributed by atoms with Crippen molar-refractivity contribution in [1.29, 1.82) is 0 Å². The Morgan fingerprint density at radius 2 is 1.93 bits per heavy atom. The molecule has 6 heteroatoms. The fraction of sp³-hybridized carbons (Fsp3) is 0.571. The van der Waals surface area contributed by atoms with Crippen molar-refractivity contribution in [2.24, 2.45) is 0 Å². The summed E-state index contributed by atoms with van der Waals surface area (Å²) in [6.45, 7) is 1.16. The molecule has 0 radical (unpaired) electrons. The van der Waals surface area contributed by atoms with E-state index in [0.29, 0.717) is 56.6 Å². The molecule has 0 bridgehead atoms. The number of rotatable bonds is 7. The van der Waals surface area contributed by atoms with E-state index in [1.165, 1.54) is 0 Å². The predicted molar refractivity (Wildman–Crippen MR) is 99.6 cm³/mol. The van der Waals surface area contributed by atoms with Crippen LogP contribution in [0.5, 0.6) is 5.75 Å². The number of carbonyl (C=O) groups is 3. The van der Waals surface area contributed by atoms with Crippen molar-refractivity contribution < 1.29 is 24.2 Å². The summed E-state index contributed by atoms with van der Waals surface area (Å²) >= 11 is 0. The van der Waals surface area contributed by atoms with Gasteiger partial charge in [0.25, 0.3) is 5.91 Å². The number of benzene rings is 1. The molecule has 1 aliphatic carbocycles. The van der Waals surface area contributed by atoms with E-state index < -0.39 is 6.04 Å². The van der Waals surface area contributed by atoms with Gasteiger partial charge in [-0.1, -0.05) is 0 Å². The molecule has 1 N–H and O–H groups in total. The number of ketones is 2. The maximum Gasteiger partial charge on any atom is 0.255 e. The number of nitrogens with zero attached hydrogens (tertiary/aromatic N) is 1. The van der Waals surface area contributed by atoms with Crippen LogP contribution in [-0.2, 0) is 16.1 Å². The molecule has 1 unspecified atom stereocenters. The third kappa shape index (κ3) is 4.75. The Kier molecular flexibility index (Phi) is 6.61. The topological polar surface area (TPSA) is 83.9 Å².